The summed E-state index contributed by atoms with van der Waals surface area (Å²) >= 11 is 0. The summed E-state index contributed by atoms with van der Waals surface area (Å²) < 4.78 is 19.4. The molecule has 7 heteroatoms. The molecule has 0 aromatic carbocycles. The molecule has 2 N–H and O–H groups in total. The fraction of sp³-hybridized carbons (Fsp3) is 0.556. The molecule has 6 nitrogen and oxygen atoms in total. The SMILES string of the molecule is O=c1ncccn1[C@@H]1O[C@H](CO)[C@H](F)C1O. The van der Waals surface area contributed by atoms with Gasteiger partial charge in [0.15, 0.2) is 12.4 Å². The molecular weight excluding hydrogens is 219 g/mol. The second-order valence-corrected chi connectivity index (χ2v) is 3.49. The van der Waals surface area contributed by atoms with Gasteiger partial charge in [-0.15, -0.1) is 0 Å². The topological polar surface area (TPSA) is 84.6 Å². The zero-order valence-corrected chi connectivity index (χ0v) is 8.23. The van der Waals surface area contributed by atoms with Gasteiger partial charge in [0.25, 0.3) is 0 Å². The predicted molar refractivity (Wildman–Crippen MR) is 50.4 cm³/mol. The fourth-order valence-corrected chi connectivity index (χ4v) is 1.65. The van der Waals surface area contributed by atoms with Crippen LogP contribution < -0.4 is 5.69 Å². The monoisotopic (exact) mass is 230 g/mol. The van der Waals surface area contributed by atoms with Gasteiger partial charge in [0.2, 0.25) is 0 Å². The average molecular weight is 230 g/mol. The van der Waals surface area contributed by atoms with E-state index in [2.05, 4.69) is 4.98 Å². The molecule has 2 rings (SSSR count). The van der Waals surface area contributed by atoms with Gasteiger partial charge in [-0.25, -0.2) is 14.2 Å². The lowest BCUT2D eigenvalue weighted by atomic mass is 10.1. The number of aromatic nitrogens is 2. The summed E-state index contributed by atoms with van der Waals surface area (Å²) in [4.78, 5) is 14.8. The van der Waals surface area contributed by atoms with Crippen LogP contribution in [-0.4, -0.2) is 44.8 Å². The van der Waals surface area contributed by atoms with Crippen LogP contribution in [0.3, 0.4) is 0 Å². The van der Waals surface area contributed by atoms with Gasteiger partial charge >= 0.3 is 5.69 Å². The quantitative estimate of drug-likeness (QED) is 0.669. The lowest BCUT2D eigenvalue weighted by Crippen LogP contribution is -2.33. The summed E-state index contributed by atoms with van der Waals surface area (Å²) in [5, 5.41) is 18.3. The third kappa shape index (κ3) is 1.73. The first-order valence-electron chi connectivity index (χ1n) is 4.76. The highest BCUT2D eigenvalue weighted by Gasteiger charge is 2.45. The summed E-state index contributed by atoms with van der Waals surface area (Å²) in [6, 6.07) is 1.47. The number of halogens is 1. The van der Waals surface area contributed by atoms with E-state index in [0.717, 1.165) is 4.57 Å². The van der Waals surface area contributed by atoms with Crippen LogP contribution in [0.15, 0.2) is 23.3 Å². The molecule has 0 radical (unpaired) electrons. The fourth-order valence-electron chi connectivity index (χ4n) is 1.65. The van der Waals surface area contributed by atoms with Gasteiger partial charge in [-0.2, -0.15) is 0 Å². The number of aliphatic hydroxyl groups is 2. The summed E-state index contributed by atoms with van der Waals surface area (Å²) in [5.41, 5.74) is -0.641. The maximum absolute atomic E-state index is 13.4. The van der Waals surface area contributed by atoms with Crippen molar-refractivity contribution in [2.45, 2.75) is 24.6 Å². The number of rotatable bonds is 2. The van der Waals surface area contributed by atoms with Crippen molar-refractivity contribution in [3.8, 4) is 0 Å². The number of hydrogen-bond donors (Lipinski definition) is 2. The minimum Gasteiger partial charge on any atom is -0.394 e. The molecule has 0 amide bonds. The van der Waals surface area contributed by atoms with Crippen molar-refractivity contribution in [2.75, 3.05) is 6.61 Å². The Kier molecular flexibility index (Phi) is 2.99. The van der Waals surface area contributed by atoms with Crippen LogP contribution in [-0.2, 0) is 4.74 Å². The highest BCUT2D eigenvalue weighted by molar-refractivity contribution is 4.92. The Labute approximate surface area is 89.9 Å². The summed E-state index contributed by atoms with van der Waals surface area (Å²) in [5.74, 6) is 0. The van der Waals surface area contributed by atoms with Crippen molar-refractivity contribution in [1.29, 1.82) is 0 Å². The number of nitrogens with zero attached hydrogens (tertiary/aromatic N) is 2. The molecule has 4 atom stereocenters. The molecule has 0 aliphatic carbocycles. The molecule has 16 heavy (non-hydrogen) atoms. The van der Waals surface area contributed by atoms with Crippen molar-refractivity contribution in [1.82, 2.24) is 9.55 Å². The smallest absolute Gasteiger partial charge is 0.349 e. The predicted octanol–water partition coefficient (Wildman–Crippen LogP) is -1.17. The maximum Gasteiger partial charge on any atom is 0.349 e. The lowest BCUT2D eigenvalue weighted by molar-refractivity contribution is -0.0537. The first-order chi connectivity index (χ1) is 7.65. The summed E-state index contributed by atoms with van der Waals surface area (Å²) in [6.07, 6.45) is -2.84. The number of aliphatic hydroxyl groups excluding tert-OH is 2. The average Bonchev–Trinajstić information content (AvgIpc) is 2.57. The van der Waals surface area contributed by atoms with Crippen molar-refractivity contribution in [3.05, 3.63) is 28.9 Å². The molecule has 1 saturated heterocycles. The van der Waals surface area contributed by atoms with E-state index in [1.807, 2.05) is 0 Å². The molecule has 1 aromatic rings. The molecule has 1 unspecified atom stereocenters. The minimum absolute atomic E-state index is 0.552. The van der Waals surface area contributed by atoms with Crippen LogP contribution in [0.5, 0.6) is 0 Å². The zero-order chi connectivity index (χ0) is 11.7. The highest BCUT2D eigenvalue weighted by Crippen LogP contribution is 2.29. The molecule has 0 spiro atoms. The van der Waals surface area contributed by atoms with Gasteiger partial charge < -0.3 is 14.9 Å². The van der Waals surface area contributed by atoms with Crippen molar-refractivity contribution < 1.29 is 19.3 Å². The molecule has 1 fully saturated rings. The second-order valence-electron chi connectivity index (χ2n) is 3.49. The number of hydrogen-bond acceptors (Lipinski definition) is 5. The van der Waals surface area contributed by atoms with E-state index in [1.54, 1.807) is 0 Å². The van der Waals surface area contributed by atoms with Crippen LogP contribution in [0.1, 0.15) is 6.23 Å². The van der Waals surface area contributed by atoms with Crippen LogP contribution in [0.2, 0.25) is 0 Å². The van der Waals surface area contributed by atoms with Gasteiger partial charge in [-0.05, 0) is 6.07 Å². The molecule has 88 valence electrons. The van der Waals surface area contributed by atoms with Crippen LogP contribution in [0.25, 0.3) is 0 Å². The van der Waals surface area contributed by atoms with Gasteiger partial charge in [0.05, 0.1) is 6.61 Å². The molecule has 1 aliphatic heterocycles. The molecule has 0 saturated carbocycles. The largest absolute Gasteiger partial charge is 0.394 e. The van der Waals surface area contributed by atoms with E-state index in [-0.39, 0.29) is 0 Å². The van der Waals surface area contributed by atoms with Crippen LogP contribution >= 0.6 is 0 Å². The third-order valence-electron chi connectivity index (χ3n) is 2.48. The Morgan fingerprint density at radius 1 is 1.62 bits per heavy atom. The van der Waals surface area contributed by atoms with Crippen molar-refractivity contribution >= 4 is 0 Å². The number of ether oxygens (including phenoxy) is 1. The maximum atomic E-state index is 13.4. The molecule has 1 aliphatic rings. The van der Waals surface area contributed by atoms with Crippen LogP contribution in [0, 0.1) is 0 Å². The van der Waals surface area contributed by atoms with E-state index in [9.17, 15) is 14.3 Å². The Hall–Kier alpha value is -1.31. The highest BCUT2D eigenvalue weighted by atomic mass is 19.1. The standard InChI is InChI=1S/C9H11FN2O4/c10-6-5(4-13)16-8(7(6)14)12-3-1-2-11-9(12)15/h1-3,5-8,13-14H,4H2/t5-,6+,7?,8-/m1/s1. The zero-order valence-electron chi connectivity index (χ0n) is 8.23. The van der Waals surface area contributed by atoms with Crippen molar-refractivity contribution in [3.63, 3.8) is 0 Å². The van der Waals surface area contributed by atoms with Crippen molar-refractivity contribution in [2.24, 2.45) is 0 Å². The van der Waals surface area contributed by atoms with Gasteiger partial charge in [-0.1, -0.05) is 0 Å². The van der Waals surface area contributed by atoms with E-state index < -0.39 is 36.9 Å². The van der Waals surface area contributed by atoms with Gasteiger partial charge in [-0.3, -0.25) is 4.57 Å². The Morgan fingerprint density at radius 2 is 2.38 bits per heavy atom. The second kappa shape index (κ2) is 4.28. The van der Waals surface area contributed by atoms with E-state index >= 15 is 0 Å². The van der Waals surface area contributed by atoms with Crippen LogP contribution in [0.4, 0.5) is 4.39 Å². The van der Waals surface area contributed by atoms with E-state index in [4.69, 9.17) is 9.84 Å². The summed E-state index contributed by atoms with van der Waals surface area (Å²) in [6.45, 7) is -0.552. The molecule has 2 heterocycles. The molecule has 0 bridgehead atoms. The van der Waals surface area contributed by atoms with Gasteiger partial charge in [0.1, 0.15) is 12.2 Å². The Bertz CT molecular complexity index is 424. The van der Waals surface area contributed by atoms with Gasteiger partial charge in [0, 0.05) is 12.4 Å². The van der Waals surface area contributed by atoms with E-state index in [1.165, 1.54) is 18.5 Å². The normalized spacial score (nSPS) is 34.2. The summed E-state index contributed by atoms with van der Waals surface area (Å²) in [7, 11) is 0. The number of alkyl halides is 1. The first kappa shape index (κ1) is 11.2. The Morgan fingerprint density at radius 3 is 2.94 bits per heavy atom. The molecule has 1 aromatic heterocycles. The minimum atomic E-state index is -1.72. The third-order valence-corrected chi connectivity index (χ3v) is 2.48. The lowest BCUT2D eigenvalue weighted by Gasteiger charge is -2.15. The van der Waals surface area contributed by atoms with E-state index in [0.29, 0.717) is 0 Å². The first-order valence-corrected chi connectivity index (χ1v) is 4.76. The Balaban J connectivity index is 2.30. The molecular formula is C9H11FN2O4.